The number of rotatable bonds is 7. The van der Waals surface area contributed by atoms with E-state index in [1.807, 2.05) is 36.7 Å². The molecule has 0 aliphatic rings. The molecule has 6 nitrogen and oxygen atoms in total. The van der Waals surface area contributed by atoms with Gasteiger partial charge in [-0.25, -0.2) is 14.4 Å². The zero-order chi connectivity index (χ0) is 24.9. The van der Waals surface area contributed by atoms with Gasteiger partial charge in [-0.2, -0.15) is 0 Å². The quantitative estimate of drug-likeness (QED) is 0.261. The summed E-state index contributed by atoms with van der Waals surface area (Å²) in [5.74, 6) is 0.863. The van der Waals surface area contributed by atoms with Crippen molar-refractivity contribution in [2.75, 3.05) is 20.5 Å². The van der Waals surface area contributed by atoms with Crippen LogP contribution in [0.25, 0.3) is 22.5 Å². The van der Waals surface area contributed by atoms with E-state index in [9.17, 15) is 9.18 Å². The van der Waals surface area contributed by atoms with Crippen molar-refractivity contribution in [2.45, 2.75) is 18.6 Å². The van der Waals surface area contributed by atoms with Crippen molar-refractivity contribution in [1.29, 1.82) is 0 Å². The molecule has 0 amide bonds. The van der Waals surface area contributed by atoms with E-state index in [-0.39, 0.29) is 21.9 Å². The van der Waals surface area contributed by atoms with Crippen LogP contribution < -0.4 is 15.0 Å². The standard InChI is InChI=1S/C27H26FN3O3S/c1-5-35(4)27-29-22(15-23(30-27)20-8-6-7-9-21(20)28)19-11-13-26(32)31(17-19)16-18-10-12-24(33-2)25(14-18)34-3/h5-15,17H,16H2,1-4H3. The molecule has 1 unspecified atom stereocenters. The fraction of sp³-hybridized carbons (Fsp3) is 0.185. The largest absolute Gasteiger partial charge is 0.493 e. The molecule has 4 aromatic rings. The highest BCUT2D eigenvalue weighted by Crippen LogP contribution is 2.30. The Labute approximate surface area is 206 Å². The molecule has 0 radical (unpaired) electrons. The SMILES string of the molecule is C/C=S(\C)c1nc(-c2ccc(=O)n(Cc3ccc(OC)c(OC)c3)c2)cc(-c2ccccc2F)n1. The molecular formula is C27H26FN3O3S. The monoisotopic (exact) mass is 491 g/mol. The average molecular weight is 492 g/mol. The van der Waals surface area contributed by atoms with Gasteiger partial charge in [0.1, 0.15) is 5.82 Å². The second kappa shape index (κ2) is 10.7. The fourth-order valence-electron chi connectivity index (χ4n) is 3.61. The highest BCUT2D eigenvalue weighted by molar-refractivity contribution is 8.14. The minimum Gasteiger partial charge on any atom is -0.493 e. The van der Waals surface area contributed by atoms with Gasteiger partial charge in [-0.3, -0.25) is 4.79 Å². The number of pyridine rings is 1. The Hall–Kier alpha value is -3.78. The van der Waals surface area contributed by atoms with E-state index < -0.39 is 0 Å². The van der Waals surface area contributed by atoms with Gasteiger partial charge in [-0.1, -0.05) is 23.6 Å². The van der Waals surface area contributed by atoms with E-state index in [2.05, 4.69) is 4.98 Å². The lowest BCUT2D eigenvalue weighted by Gasteiger charge is -2.13. The summed E-state index contributed by atoms with van der Waals surface area (Å²) in [4.78, 5) is 22.1. The number of nitrogens with zero attached hydrogens (tertiary/aromatic N) is 3. The van der Waals surface area contributed by atoms with Crippen molar-refractivity contribution in [3.8, 4) is 34.0 Å². The third-order valence-corrected chi connectivity index (χ3v) is 7.04. The number of halogens is 1. The number of ether oxygens (including phenoxy) is 2. The van der Waals surface area contributed by atoms with Gasteiger partial charge in [0.2, 0.25) is 0 Å². The van der Waals surface area contributed by atoms with E-state index in [0.717, 1.165) is 11.1 Å². The van der Waals surface area contributed by atoms with Crippen molar-refractivity contribution >= 4 is 15.9 Å². The second-order valence-electron chi connectivity index (χ2n) is 7.77. The highest BCUT2D eigenvalue weighted by atomic mass is 32.2. The van der Waals surface area contributed by atoms with Crippen molar-refractivity contribution < 1.29 is 13.9 Å². The van der Waals surface area contributed by atoms with Crippen molar-refractivity contribution in [3.05, 3.63) is 88.6 Å². The Morgan fingerprint density at radius 2 is 1.71 bits per heavy atom. The van der Waals surface area contributed by atoms with Crippen LogP contribution in [0.2, 0.25) is 0 Å². The molecule has 2 aromatic carbocycles. The van der Waals surface area contributed by atoms with Crippen LogP contribution in [0.5, 0.6) is 11.5 Å². The first-order valence-electron chi connectivity index (χ1n) is 10.9. The predicted molar refractivity (Wildman–Crippen MR) is 139 cm³/mol. The molecule has 2 aromatic heterocycles. The Morgan fingerprint density at radius 1 is 0.971 bits per heavy atom. The summed E-state index contributed by atoms with van der Waals surface area (Å²) in [6.07, 6.45) is 3.78. The van der Waals surface area contributed by atoms with Gasteiger partial charge < -0.3 is 14.0 Å². The van der Waals surface area contributed by atoms with Crippen LogP contribution in [-0.4, -0.2) is 40.4 Å². The van der Waals surface area contributed by atoms with Crippen LogP contribution in [0.4, 0.5) is 4.39 Å². The van der Waals surface area contributed by atoms with Crippen LogP contribution in [0.15, 0.2) is 76.8 Å². The lowest BCUT2D eigenvalue weighted by molar-refractivity contribution is 0.354. The third-order valence-electron chi connectivity index (χ3n) is 5.58. The summed E-state index contributed by atoms with van der Waals surface area (Å²) < 4.78 is 26.9. The molecule has 0 saturated heterocycles. The topological polar surface area (TPSA) is 66.2 Å². The Kier molecular flexibility index (Phi) is 7.41. The lowest BCUT2D eigenvalue weighted by Crippen LogP contribution is -2.19. The summed E-state index contributed by atoms with van der Waals surface area (Å²) in [5.41, 5.74) is 3.00. The highest BCUT2D eigenvalue weighted by Gasteiger charge is 2.13. The normalized spacial score (nSPS) is 11.9. The van der Waals surface area contributed by atoms with Gasteiger partial charge in [0.15, 0.2) is 16.7 Å². The van der Waals surface area contributed by atoms with Crippen LogP contribution in [0.1, 0.15) is 12.5 Å². The first-order chi connectivity index (χ1) is 16.9. The van der Waals surface area contributed by atoms with Gasteiger partial charge in [-0.15, -0.1) is 10.5 Å². The van der Waals surface area contributed by atoms with E-state index in [1.165, 1.54) is 12.1 Å². The molecule has 4 rings (SSSR count). The molecular weight excluding hydrogens is 465 g/mol. The van der Waals surface area contributed by atoms with Gasteiger partial charge >= 0.3 is 0 Å². The van der Waals surface area contributed by atoms with E-state index in [1.54, 1.807) is 55.3 Å². The number of benzene rings is 2. The molecule has 2 heterocycles. The molecule has 35 heavy (non-hydrogen) atoms. The summed E-state index contributed by atoms with van der Waals surface area (Å²) in [5, 5.41) is 2.63. The smallest absolute Gasteiger partial charge is 0.250 e. The molecule has 0 N–H and O–H groups in total. The van der Waals surface area contributed by atoms with Crippen LogP contribution in [-0.2, 0) is 6.54 Å². The first kappa shape index (κ1) is 24.3. The summed E-state index contributed by atoms with van der Waals surface area (Å²) in [6, 6.07) is 17.1. The van der Waals surface area contributed by atoms with Crippen molar-refractivity contribution in [2.24, 2.45) is 0 Å². The van der Waals surface area contributed by atoms with E-state index in [4.69, 9.17) is 14.5 Å². The molecule has 1 atom stereocenters. The number of hydrogen-bond acceptors (Lipinski definition) is 5. The molecule has 0 fully saturated rings. The summed E-state index contributed by atoms with van der Waals surface area (Å²) in [6.45, 7) is 2.29. The zero-order valence-electron chi connectivity index (χ0n) is 20.0. The summed E-state index contributed by atoms with van der Waals surface area (Å²) in [7, 11) is 2.82. The maximum atomic E-state index is 14.6. The maximum Gasteiger partial charge on any atom is 0.250 e. The number of methoxy groups -OCH3 is 2. The van der Waals surface area contributed by atoms with E-state index >= 15 is 0 Å². The minimum absolute atomic E-state index is 0.149. The molecule has 0 aliphatic heterocycles. The molecule has 0 aliphatic carbocycles. The molecule has 0 saturated carbocycles. The Balaban J connectivity index is 1.79. The second-order valence-corrected chi connectivity index (χ2v) is 9.72. The van der Waals surface area contributed by atoms with Crippen LogP contribution >= 0.6 is 10.5 Å². The maximum absolute atomic E-state index is 14.6. The van der Waals surface area contributed by atoms with Crippen LogP contribution in [0, 0.1) is 5.82 Å². The van der Waals surface area contributed by atoms with Gasteiger partial charge in [0, 0.05) is 23.4 Å². The lowest BCUT2D eigenvalue weighted by atomic mass is 10.1. The van der Waals surface area contributed by atoms with Crippen molar-refractivity contribution in [1.82, 2.24) is 14.5 Å². The van der Waals surface area contributed by atoms with E-state index in [0.29, 0.717) is 40.2 Å². The predicted octanol–water partition coefficient (Wildman–Crippen LogP) is 5.26. The number of aromatic nitrogens is 3. The minimum atomic E-state index is -0.349. The number of hydrogen-bond donors (Lipinski definition) is 0. The Morgan fingerprint density at radius 3 is 2.43 bits per heavy atom. The summed E-state index contributed by atoms with van der Waals surface area (Å²) >= 11 is 0. The molecule has 0 spiro atoms. The van der Waals surface area contributed by atoms with Crippen LogP contribution in [0.3, 0.4) is 0 Å². The molecule has 0 bridgehead atoms. The average Bonchev–Trinajstić information content (AvgIpc) is 2.89. The third kappa shape index (κ3) is 5.33. The van der Waals surface area contributed by atoms with Crippen molar-refractivity contribution in [3.63, 3.8) is 0 Å². The Bertz CT molecular complexity index is 1470. The van der Waals surface area contributed by atoms with Gasteiger partial charge in [0.25, 0.3) is 5.56 Å². The first-order valence-corrected chi connectivity index (χ1v) is 12.6. The fourth-order valence-corrected chi connectivity index (χ4v) is 4.31. The zero-order valence-corrected chi connectivity index (χ0v) is 20.8. The molecule has 180 valence electrons. The van der Waals surface area contributed by atoms with Gasteiger partial charge in [-0.05, 0) is 55.1 Å². The molecule has 8 heteroatoms. The van der Waals surface area contributed by atoms with Gasteiger partial charge in [0.05, 0.1) is 32.2 Å².